The fraction of sp³-hybridized carbons (Fsp3) is 0.455. The molecule has 0 radical (unpaired) electrons. The van der Waals surface area contributed by atoms with E-state index < -0.39 is 30.3 Å². The smallest absolute Gasteiger partial charge is 0.324 e. The zero-order chi connectivity index (χ0) is 13.1. The second kappa shape index (κ2) is 5.44. The van der Waals surface area contributed by atoms with E-state index in [1.807, 2.05) is 0 Å². The molecule has 0 saturated heterocycles. The molecule has 0 saturated carbocycles. The van der Waals surface area contributed by atoms with Crippen molar-refractivity contribution in [1.82, 2.24) is 0 Å². The predicted molar refractivity (Wildman–Crippen MR) is 53.2 cm³/mol. The Kier molecular flexibility index (Phi) is 4.45. The van der Waals surface area contributed by atoms with Crippen LogP contribution in [-0.4, -0.2) is 6.18 Å². The van der Waals surface area contributed by atoms with Gasteiger partial charge in [0.25, 0.3) is 0 Å². The van der Waals surface area contributed by atoms with Crippen molar-refractivity contribution >= 4 is 0 Å². The van der Waals surface area contributed by atoms with E-state index in [0.29, 0.717) is 0 Å². The summed E-state index contributed by atoms with van der Waals surface area (Å²) in [5, 5.41) is 0. The number of rotatable bonds is 4. The number of alkyl halides is 3. The van der Waals surface area contributed by atoms with Gasteiger partial charge < -0.3 is 5.73 Å². The van der Waals surface area contributed by atoms with E-state index in [0.717, 1.165) is 12.1 Å². The van der Waals surface area contributed by atoms with E-state index >= 15 is 0 Å². The van der Waals surface area contributed by atoms with Crippen molar-refractivity contribution in [2.45, 2.75) is 31.5 Å². The molecule has 0 fully saturated rings. The predicted octanol–water partition coefficient (Wildman–Crippen LogP) is 3.70. The van der Waals surface area contributed by atoms with Gasteiger partial charge in [-0.15, -0.1) is 0 Å². The van der Waals surface area contributed by atoms with Crippen LogP contribution in [0.2, 0.25) is 0 Å². The first-order valence-corrected chi connectivity index (χ1v) is 5.07. The Labute approximate surface area is 95.4 Å². The van der Waals surface area contributed by atoms with Crippen molar-refractivity contribution in [3.63, 3.8) is 0 Å². The van der Waals surface area contributed by atoms with Crippen LogP contribution < -0.4 is 5.73 Å². The van der Waals surface area contributed by atoms with Gasteiger partial charge in [0, 0.05) is 18.0 Å². The number of hydrogen-bond donors (Lipinski definition) is 1. The van der Waals surface area contributed by atoms with Crippen molar-refractivity contribution < 1.29 is 22.0 Å². The minimum Gasteiger partial charge on any atom is -0.324 e. The average Bonchev–Trinajstić information content (AvgIpc) is 2.15. The number of nitrogens with two attached hydrogens (primary N) is 1. The third kappa shape index (κ3) is 4.30. The summed E-state index contributed by atoms with van der Waals surface area (Å²) >= 11 is 0. The van der Waals surface area contributed by atoms with Crippen molar-refractivity contribution in [2.24, 2.45) is 5.73 Å². The summed E-state index contributed by atoms with van der Waals surface area (Å²) in [4.78, 5) is 0. The van der Waals surface area contributed by atoms with Gasteiger partial charge in [-0.25, -0.2) is 8.78 Å². The summed E-state index contributed by atoms with van der Waals surface area (Å²) in [5.41, 5.74) is 5.13. The molecule has 1 aromatic rings. The van der Waals surface area contributed by atoms with Crippen LogP contribution in [-0.2, 0) is 0 Å². The maximum absolute atomic E-state index is 13.2. The Morgan fingerprint density at radius 3 is 2.12 bits per heavy atom. The van der Waals surface area contributed by atoms with E-state index in [2.05, 4.69) is 0 Å². The van der Waals surface area contributed by atoms with Crippen LogP contribution in [0.4, 0.5) is 22.0 Å². The van der Waals surface area contributed by atoms with E-state index in [1.165, 1.54) is 6.07 Å². The molecule has 1 rings (SSSR count). The van der Waals surface area contributed by atoms with Crippen molar-refractivity contribution in [3.8, 4) is 0 Å². The highest BCUT2D eigenvalue weighted by molar-refractivity contribution is 5.22. The summed E-state index contributed by atoms with van der Waals surface area (Å²) in [6, 6.07) is 2.18. The van der Waals surface area contributed by atoms with Gasteiger partial charge in [-0.2, -0.15) is 13.2 Å². The monoisotopic (exact) mass is 253 g/mol. The lowest BCUT2D eigenvalue weighted by atomic mass is 10.0. The lowest BCUT2D eigenvalue weighted by Crippen LogP contribution is -2.16. The van der Waals surface area contributed by atoms with Gasteiger partial charge >= 0.3 is 6.18 Å². The minimum absolute atomic E-state index is 0.114. The summed E-state index contributed by atoms with van der Waals surface area (Å²) in [7, 11) is 0. The SMILES string of the molecule is NC(CCCC(F)(F)F)c1c(F)cccc1F. The Balaban J connectivity index is 2.61. The largest absolute Gasteiger partial charge is 0.389 e. The molecule has 0 spiro atoms. The Morgan fingerprint density at radius 1 is 1.12 bits per heavy atom. The first-order chi connectivity index (χ1) is 7.81. The van der Waals surface area contributed by atoms with Gasteiger partial charge in [-0.1, -0.05) is 6.07 Å². The standard InChI is InChI=1S/C11H12F5N/c12-7-3-1-4-8(13)10(7)9(17)5-2-6-11(14,15)16/h1,3-4,9H,2,5-6,17H2. The van der Waals surface area contributed by atoms with E-state index in [1.54, 1.807) is 0 Å². The molecule has 1 atom stereocenters. The highest BCUT2D eigenvalue weighted by atomic mass is 19.4. The molecule has 0 aliphatic carbocycles. The molecule has 0 aliphatic rings. The van der Waals surface area contributed by atoms with Gasteiger partial charge in [0.2, 0.25) is 0 Å². The quantitative estimate of drug-likeness (QED) is 0.813. The molecule has 0 amide bonds. The molecule has 0 aliphatic heterocycles. The maximum atomic E-state index is 13.2. The van der Waals surface area contributed by atoms with Crippen LogP contribution in [0.25, 0.3) is 0 Å². The molecular weight excluding hydrogens is 241 g/mol. The van der Waals surface area contributed by atoms with Crippen molar-refractivity contribution in [2.75, 3.05) is 0 Å². The summed E-state index contributed by atoms with van der Waals surface area (Å²) in [6.07, 6.45) is -5.64. The van der Waals surface area contributed by atoms with Gasteiger partial charge in [0.1, 0.15) is 11.6 Å². The van der Waals surface area contributed by atoms with Crippen LogP contribution in [0.3, 0.4) is 0 Å². The molecule has 96 valence electrons. The second-order valence-corrected chi connectivity index (χ2v) is 3.75. The molecule has 17 heavy (non-hydrogen) atoms. The Bertz CT molecular complexity index is 354. The topological polar surface area (TPSA) is 26.0 Å². The van der Waals surface area contributed by atoms with Gasteiger partial charge in [0.05, 0.1) is 0 Å². The molecule has 1 unspecified atom stereocenters. The van der Waals surface area contributed by atoms with E-state index in [4.69, 9.17) is 5.73 Å². The molecule has 0 heterocycles. The number of hydrogen-bond acceptors (Lipinski definition) is 1. The van der Waals surface area contributed by atoms with Crippen molar-refractivity contribution in [3.05, 3.63) is 35.4 Å². The summed E-state index contributed by atoms with van der Waals surface area (Å²) in [6.45, 7) is 0. The van der Waals surface area contributed by atoms with Gasteiger partial charge in [-0.3, -0.25) is 0 Å². The van der Waals surface area contributed by atoms with Crippen LogP contribution in [0.5, 0.6) is 0 Å². The third-order valence-electron chi connectivity index (χ3n) is 2.35. The van der Waals surface area contributed by atoms with Crippen LogP contribution in [0.15, 0.2) is 18.2 Å². The molecule has 0 aromatic heterocycles. The van der Waals surface area contributed by atoms with Crippen LogP contribution in [0.1, 0.15) is 30.9 Å². The fourth-order valence-electron chi connectivity index (χ4n) is 1.53. The first-order valence-electron chi connectivity index (χ1n) is 5.07. The van der Waals surface area contributed by atoms with E-state index in [9.17, 15) is 22.0 Å². The lowest BCUT2D eigenvalue weighted by Gasteiger charge is -2.14. The highest BCUT2D eigenvalue weighted by Gasteiger charge is 2.27. The minimum atomic E-state index is -4.27. The van der Waals surface area contributed by atoms with Crippen LogP contribution in [0, 0.1) is 11.6 Å². The molecule has 6 heteroatoms. The normalized spacial score (nSPS) is 13.8. The lowest BCUT2D eigenvalue weighted by molar-refractivity contribution is -0.135. The maximum Gasteiger partial charge on any atom is 0.389 e. The molecule has 0 bridgehead atoms. The highest BCUT2D eigenvalue weighted by Crippen LogP contribution is 2.27. The molecule has 1 nitrogen and oxygen atoms in total. The zero-order valence-electron chi connectivity index (χ0n) is 8.90. The number of halogens is 5. The number of benzene rings is 1. The fourth-order valence-corrected chi connectivity index (χ4v) is 1.53. The second-order valence-electron chi connectivity index (χ2n) is 3.75. The van der Waals surface area contributed by atoms with Gasteiger partial charge in [0.15, 0.2) is 0 Å². The molecule has 2 N–H and O–H groups in total. The summed E-state index contributed by atoms with van der Waals surface area (Å²) in [5.74, 6) is -1.66. The Hall–Kier alpha value is -1.17. The first kappa shape index (κ1) is 13.9. The van der Waals surface area contributed by atoms with Gasteiger partial charge in [-0.05, 0) is 25.0 Å². The third-order valence-corrected chi connectivity index (χ3v) is 2.35. The van der Waals surface area contributed by atoms with Crippen LogP contribution >= 0.6 is 0 Å². The Morgan fingerprint density at radius 2 is 1.65 bits per heavy atom. The van der Waals surface area contributed by atoms with E-state index in [-0.39, 0.29) is 18.4 Å². The zero-order valence-corrected chi connectivity index (χ0v) is 8.90. The molecule has 1 aromatic carbocycles. The summed E-state index contributed by atoms with van der Waals surface area (Å²) < 4.78 is 62.1. The van der Waals surface area contributed by atoms with Crippen molar-refractivity contribution in [1.29, 1.82) is 0 Å². The molecular formula is C11H12F5N. The average molecular weight is 253 g/mol.